The number of ether oxygens (including phenoxy) is 3. The second kappa shape index (κ2) is 11.3. The SMILES string of the molecule is Cc1nc(-c2cn3c(n2)-c2ccc([C@H]4CCN(C(=O)OC(C)(C)C)C[C@H]4OC(=O)CCl)cc2OCC3)n(C(C)C)n1. The van der Waals surface area contributed by atoms with Crippen LogP contribution in [0.25, 0.3) is 22.9 Å². The van der Waals surface area contributed by atoms with Gasteiger partial charge in [0.1, 0.15) is 47.3 Å². The number of aryl methyl sites for hydroxylation is 1. The molecular formula is C29H37ClN6O5. The van der Waals surface area contributed by atoms with Gasteiger partial charge in [0.05, 0.1) is 18.7 Å². The maximum atomic E-state index is 12.8. The second-order valence-electron chi connectivity index (χ2n) is 11.8. The van der Waals surface area contributed by atoms with Crippen LogP contribution in [-0.4, -0.2) is 78.6 Å². The van der Waals surface area contributed by atoms with Crippen LogP contribution in [0.5, 0.6) is 5.75 Å². The fourth-order valence-electron chi connectivity index (χ4n) is 5.31. The molecule has 0 N–H and O–H groups in total. The summed E-state index contributed by atoms with van der Waals surface area (Å²) in [6, 6.07) is 6.16. The van der Waals surface area contributed by atoms with Crippen molar-refractivity contribution in [2.45, 2.75) is 78.2 Å². The molecule has 1 fully saturated rings. The Morgan fingerprint density at radius 3 is 2.66 bits per heavy atom. The Morgan fingerprint density at radius 2 is 1.95 bits per heavy atom. The first-order valence-corrected chi connectivity index (χ1v) is 14.5. The number of fused-ring (bicyclic) bond motifs is 3. The van der Waals surface area contributed by atoms with Crippen molar-refractivity contribution in [3.8, 4) is 28.7 Å². The van der Waals surface area contributed by atoms with Gasteiger partial charge in [-0.2, -0.15) is 5.10 Å². The predicted molar refractivity (Wildman–Crippen MR) is 153 cm³/mol. The number of amides is 1. The van der Waals surface area contributed by atoms with Crippen molar-refractivity contribution in [1.29, 1.82) is 0 Å². The standard InChI is InChI=1S/C29H37ClN6O5/c1-17(2)36-27(31-18(3)33-36)22-15-34-11-12-39-23-13-19(7-8-21(23)26(34)32-22)20-9-10-35(28(38)41-29(4,5)6)16-24(20)40-25(37)14-30/h7-8,13,15,17,20,24H,9-12,14,16H2,1-6H3/t20-,24-/m1/s1. The van der Waals surface area contributed by atoms with Crippen LogP contribution in [0.4, 0.5) is 4.79 Å². The Bertz CT molecular complexity index is 1440. The summed E-state index contributed by atoms with van der Waals surface area (Å²) in [6.45, 7) is 13.3. The Labute approximate surface area is 244 Å². The van der Waals surface area contributed by atoms with E-state index >= 15 is 0 Å². The lowest BCUT2D eigenvalue weighted by atomic mass is 9.86. The molecule has 41 heavy (non-hydrogen) atoms. The number of benzene rings is 1. The van der Waals surface area contributed by atoms with E-state index in [2.05, 4.69) is 28.5 Å². The number of likely N-dealkylation sites (tertiary alicyclic amines) is 1. The van der Waals surface area contributed by atoms with Gasteiger partial charge in [-0.05, 0) is 65.7 Å². The zero-order chi connectivity index (χ0) is 29.5. The number of nitrogens with zero attached hydrogens (tertiary/aromatic N) is 6. The van der Waals surface area contributed by atoms with Gasteiger partial charge in [0.25, 0.3) is 0 Å². The van der Waals surface area contributed by atoms with Gasteiger partial charge in [-0.1, -0.05) is 6.07 Å². The molecule has 2 aliphatic rings. The molecule has 0 aliphatic carbocycles. The van der Waals surface area contributed by atoms with Crippen LogP contribution in [0.1, 0.15) is 64.4 Å². The summed E-state index contributed by atoms with van der Waals surface area (Å²) < 4.78 is 21.4. The van der Waals surface area contributed by atoms with E-state index < -0.39 is 23.8 Å². The summed E-state index contributed by atoms with van der Waals surface area (Å²) in [5.41, 5.74) is 1.95. The van der Waals surface area contributed by atoms with Crippen molar-refractivity contribution in [2.75, 3.05) is 25.6 Å². The smallest absolute Gasteiger partial charge is 0.410 e. The van der Waals surface area contributed by atoms with E-state index in [1.165, 1.54) is 0 Å². The maximum Gasteiger partial charge on any atom is 0.410 e. The monoisotopic (exact) mass is 584 g/mol. The van der Waals surface area contributed by atoms with E-state index in [9.17, 15) is 9.59 Å². The summed E-state index contributed by atoms with van der Waals surface area (Å²) in [5, 5.41) is 4.54. The van der Waals surface area contributed by atoms with Crippen LogP contribution in [0.2, 0.25) is 0 Å². The van der Waals surface area contributed by atoms with Gasteiger partial charge in [-0.25, -0.2) is 19.4 Å². The Balaban J connectivity index is 1.44. The number of esters is 1. The minimum atomic E-state index is -0.626. The average molecular weight is 585 g/mol. The lowest BCUT2D eigenvalue weighted by Crippen LogP contribution is -2.49. The molecule has 0 saturated carbocycles. The van der Waals surface area contributed by atoms with Gasteiger partial charge >= 0.3 is 12.1 Å². The zero-order valence-corrected chi connectivity index (χ0v) is 25.1. The first-order chi connectivity index (χ1) is 19.4. The van der Waals surface area contributed by atoms with Gasteiger partial charge in [0.15, 0.2) is 5.82 Å². The number of piperidine rings is 1. The molecule has 0 radical (unpaired) electrons. The summed E-state index contributed by atoms with van der Waals surface area (Å²) in [4.78, 5) is 36.2. The van der Waals surface area contributed by atoms with Crippen molar-refractivity contribution >= 4 is 23.7 Å². The van der Waals surface area contributed by atoms with E-state index in [-0.39, 0.29) is 24.4 Å². The van der Waals surface area contributed by atoms with Gasteiger partial charge in [-0.3, -0.25) is 4.79 Å². The van der Waals surface area contributed by atoms with E-state index in [0.29, 0.717) is 37.7 Å². The highest BCUT2D eigenvalue weighted by molar-refractivity contribution is 6.26. The average Bonchev–Trinajstić information content (AvgIpc) is 3.47. The molecule has 2 aliphatic heterocycles. The number of aromatic nitrogens is 5. The molecule has 0 unspecified atom stereocenters. The number of rotatable bonds is 5. The van der Waals surface area contributed by atoms with Crippen molar-refractivity contribution in [2.24, 2.45) is 0 Å². The highest BCUT2D eigenvalue weighted by Crippen LogP contribution is 2.39. The zero-order valence-electron chi connectivity index (χ0n) is 24.4. The number of hydrogen-bond donors (Lipinski definition) is 0. The normalized spacial score (nSPS) is 18.8. The lowest BCUT2D eigenvalue weighted by Gasteiger charge is -2.38. The van der Waals surface area contributed by atoms with Crippen molar-refractivity contribution in [1.82, 2.24) is 29.2 Å². The minimum Gasteiger partial charge on any atom is -0.491 e. The molecule has 12 heteroatoms. The predicted octanol–water partition coefficient (Wildman–Crippen LogP) is 4.97. The van der Waals surface area contributed by atoms with Crippen LogP contribution in [0, 0.1) is 6.92 Å². The fourth-order valence-corrected chi connectivity index (χ4v) is 5.37. The van der Waals surface area contributed by atoms with Crippen LogP contribution in [-0.2, 0) is 20.8 Å². The first kappa shape index (κ1) is 28.9. The number of alkyl halides is 1. The number of imidazole rings is 1. The van der Waals surface area contributed by atoms with Crippen molar-refractivity contribution in [3.63, 3.8) is 0 Å². The largest absolute Gasteiger partial charge is 0.491 e. The summed E-state index contributed by atoms with van der Waals surface area (Å²) in [7, 11) is 0. The number of halogens is 1. The first-order valence-electron chi connectivity index (χ1n) is 13.9. The summed E-state index contributed by atoms with van der Waals surface area (Å²) in [5.74, 6) is 1.98. The van der Waals surface area contributed by atoms with E-state index in [1.807, 2.05) is 56.8 Å². The number of hydrogen-bond acceptors (Lipinski definition) is 8. The highest BCUT2D eigenvalue weighted by Gasteiger charge is 2.37. The lowest BCUT2D eigenvalue weighted by molar-refractivity contribution is -0.149. The van der Waals surface area contributed by atoms with Gasteiger partial charge in [0, 0.05) is 24.7 Å². The maximum absolute atomic E-state index is 12.8. The molecular weight excluding hydrogens is 548 g/mol. The molecule has 5 rings (SSSR count). The molecule has 3 aromatic rings. The van der Waals surface area contributed by atoms with Crippen LogP contribution in [0.3, 0.4) is 0 Å². The summed E-state index contributed by atoms with van der Waals surface area (Å²) in [6.07, 6.45) is 1.57. The fraction of sp³-hybridized carbons (Fsp3) is 0.552. The Hall–Kier alpha value is -3.60. The third kappa shape index (κ3) is 6.19. The molecule has 220 valence electrons. The van der Waals surface area contributed by atoms with Crippen molar-refractivity contribution < 1.29 is 23.8 Å². The quantitative estimate of drug-likeness (QED) is 0.305. The van der Waals surface area contributed by atoms with Gasteiger partial charge in [0.2, 0.25) is 0 Å². The van der Waals surface area contributed by atoms with Gasteiger partial charge in [-0.15, -0.1) is 11.6 Å². The van der Waals surface area contributed by atoms with E-state index in [0.717, 1.165) is 28.5 Å². The summed E-state index contributed by atoms with van der Waals surface area (Å²) >= 11 is 5.77. The highest BCUT2D eigenvalue weighted by atomic mass is 35.5. The van der Waals surface area contributed by atoms with E-state index in [1.54, 1.807) is 4.90 Å². The number of carbonyl (C=O) groups is 2. The molecule has 1 saturated heterocycles. The second-order valence-corrected chi connectivity index (χ2v) is 12.0. The third-order valence-electron chi connectivity index (χ3n) is 7.10. The molecule has 2 atom stereocenters. The molecule has 1 aromatic carbocycles. The topological polar surface area (TPSA) is 114 Å². The third-order valence-corrected chi connectivity index (χ3v) is 7.32. The number of carbonyl (C=O) groups excluding carboxylic acids is 2. The molecule has 11 nitrogen and oxygen atoms in total. The van der Waals surface area contributed by atoms with E-state index in [4.69, 9.17) is 30.8 Å². The molecule has 4 heterocycles. The van der Waals surface area contributed by atoms with Crippen molar-refractivity contribution in [3.05, 3.63) is 35.8 Å². The molecule has 1 amide bonds. The van der Waals surface area contributed by atoms with Crippen LogP contribution >= 0.6 is 11.6 Å². The minimum absolute atomic E-state index is 0.147. The van der Waals surface area contributed by atoms with Gasteiger partial charge < -0.3 is 23.7 Å². The van der Waals surface area contributed by atoms with Crippen LogP contribution in [0.15, 0.2) is 24.4 Å². The Morgan fingerprint density at radius 1 is 1.17 bits per heavy atom. The Kier molecular flexibility index (Phi) is 8.00. The molecule has 2 aromatic heterocycles. The molecule has 0 spiro atoms. The molecule has 0 bridgehead atoms. The van der Waals surface area contributed by atoms with Crippen LogP contribution < -0.4 is 4.74 Å².